The molecule has 0 aliphatic carbocycles. The second kappa shape index (κ2) is 5.99. The molecule has 2 aliphatic rings. The molecule has 2 N–H and O–H groups in total. The van der Waals surface area contributed by atoms with E-state index in [0.29, 0.717) is 12.1 Å². The van der Waals surface area contributed by atoms with Crippen molar-refractivity contribution in [3.63, 3.8) is 0 Å². The van der Waals surface area contributed by atoms with Crippen molar-refractivity contribution in [3.05, 3.63) is 0 Å². The summed E-state index contributed by atoms with van der Waals surface area (Å²) < 4.78 is 0. The number of aliphatic hydroxyl groups is 1. The van der Waals surface area contributed by atoms with E-state index in [1.54, 1.807) is 0 Å². The SMILES string of the molecule is CC(CC1CCCCN1)N1CCCC(O)C1. The number of hydrogen-bond acceptors (Lipinski definition) is 3. The van der Waals surface area contributed by atoms with Crippen LogP contribution in [0.5, 0.6) is 0 Å². The maximum atomic E-state index is 9.68. The van der Waals surface area contributed by atoms with Gasteiger partial charge in [0.25, 0.3) is 0 Å². The van der Waals surface area contributed by atoms with Gasteiger partial charge in [-0.2, -0.15) is 0 Å². The molecule has 0 aromatic rings. The molecule has 2 rings (SSSR count). The third-order valence-corrected chi connectivity index (χ3v) is 4.09. The van der Waals surface area contributed by atoms with E-state index >= 15 is 0 Å². The molecule has 0 aromatic heterocycles. The Labute approximate surface area is 99.2 Å². The van der Waals surface area contributed by atoms with Crippen LogP contribution in [0.3, 0.4) is 0 Å². The summed E-state index contributed by atoms with van der Waals surface area (Å²) in [5, 5.41) is 13.3. The highest BCUT2D eigenvalue weighted by Gasteiger charge is 2.24. The van der Waals surface area contributed by atoms with Crippen LogP contribution in [0.15, 0.2) is 0 Å². The number of hydrogen-bond donors (Lipinski definition) is 2. The van der Waals surface area contributed by atoms with E-state index in [4.69, 9.17) is 0 Å². The first-order valence-corrected chi connectivity index (χ1v) is 6.91. The molecule has 3 nitrogen and oxygen atoms in total. The normalized spacial score (nSPS) is 34.9. The predicted octanol–water partition coefficient (Wildman–Crippen LogP) is 1.36. The summed E-state index contributed by atoms with van der Waals surface area (Å²) in [6.07, 6.45) is 7.36. The number of likely N-dealkylation sites (tertiary alicyclic amines) is 1. The highest BCUT2D eigenvalue weighted by molar-refractivity contribution is 4.81. The molecule has 16 heavy (non-hydrogen) atoms. The molecule has 0 radical (unpaired) electrons. The molecule has 0 saturated carbocycles. The number of nitrogens with zero attached hydrogens (tertiary/aromatic N) is 1. The van der Waals surface area contributed by atoms with Crippen LogP contribution in [0.2, 0.25) is 0 Å². The zero-order valence-electron chi connectivity index (χ0n) is 10.5. The van der Waals surface area contributed by atoms with Gasteiger partial charge in [-0.1, -0.05) is 6.42 Å². The smallest absolute Gasteiger partial charge is 0.0667 e. The second-order valence-corrected chi connectivity index (χ2v) is 5.52. The molecule has 0 aromatic carbocycles. The Hall–Kier alpha value is -0.120. The number of β-amino-alcohol motifs (C(OH)–C–C–N with tert-alkyl or cyclic N) is 1. The van der Waals surface area contributed by atoms with E-state index < -0.39 is 0 Å². The van der Waals surface area contributed by atoms with Crippen LogP contribution in [0.4, 0.5) is 0 Å². The third-order valence-electron chi connectivity index (χ3n) is 4.09. The van der Waals surface area contributed by atoms with Crippen LogP contribution in [-0.2, 0) is 0 Å². The number of piperidine rings is 2. The first-order valence-electron chi connectivity index (χ1n) is 6.91. The average Bonchev–Trinajstić information content (AvgIpc) is 2.30. The van der Waals surface area contributed by atoms with Gasteiger partial charge in [-0.3, -0.25) is 4.90 Å². The van der Waals surface area contributed by atoms with Crippen LogP contribution in [0.25, 0.3) is 0 Å². The van der Waals surface area contributed by atoms with E-state index in [-0.39, 0.29) is 6.10 Å². The Balaban J connectivity index is 1.75. The minimum absolute atomic E-state index is 0.0875. The fourth-order valence-electron chi connectivity index (χ4n) is 3.07. The lowest BCUT2D eigenvalue weighted by Gasteiger charge is -2.37. The van der Waals surface area contributed by atoms with E-state index in [9.17, 15) is 5.11 Å². The van der Waals surface area contributed by atoms with Crippen LogP contribution in [0, 0.1) is 0 Å². The van der Waals surface area contributed by atoms with Gasteiger partial charge >= 0.3 is 0 Å². The summed E-state index contributed by atoms with van der Waals surface area (Å²) in [5.41, 5.74) is 0. The van der Waals surface area contributed by atoms with Crippen LogP contribution >= 0.6 is 0 Å². The Bertz CT molecular complexity index is 204. The second-order valence-electron chi connectivity index (χ2n) is 5.52. The molecular formula is C13H26N2O. The highest BCUT2D eigenvalue weighted by atomic mass is 16.3. The lowest BCUT2D eigenvalue weighted by atomic mass is 9.96. The van der Waals surface area contributed by atoms with Gasteiger partial charge in [0.05, 0.1) is 6.10 Å². The molecule has 3 unspecified atom stereocenters. The average molecular weight is 226 g/mol. The van der Waals surface area contributed by atoms with Crippen LogP contribution in [0.1, 0.15) is 45.4 Å². The first-order chi connectivity index (χ1) is 7.75. The minimum atomic E-state index is -0.0875. The lowest BCUT2D eigenvalue weighted by Crippen LogP contribution is -2.46. The number of rotatable bonds is 3. The molecule has 2 heterocycles. The van der Waals surface area contributed by atoms with Crippen molar-refractivity contribution in [2.45, 2.75) is 63.6 Å². The summed E-state index contributed by atoms with van der Waals surface area (Å²) in [4.78, 5) is 2.46. The molecule has 3 atom stereocenters. The Morgan fingerprint density at radius 1 is 1.31 bits per heavy atom. The van der Waals surface area contributed by atoms with Gasteiger partial charge in [0.15, 0.2) is 0 Å². The fourth-order valence-corrected chi connectivity index (χ4v) is 3.07. The predicted molar refractivity (Wildman–Crippen MR) is 66.5 cm³/mol. The fraction of sp³-hybridized carbons (Fsp3) is 1.00. The van der Waals surface area contributed by atoms with Gasteiger partial charge in [-0.05, 0) is 52.1 Å². The molecule has 2 saturated heterocycles. The molecule has 0 amide bonds. The monoisotopic (exact) mass is 226 g/mol. The van der Waals surface area contributed by atoms with E-state index in [1.807, 2.05) is 0 Å². The van der Waals surface area contributed by atoms with Gasteiger partial charge in [0.1, 0.15) is 0 Å². The maximum absolute atomic E-state index is 9.68. The highest BCUT2D eigenvalue weighted by Crippen LogP contribution is 2.18. The largest absolute Gasteiger partial charge is 0.392 e. The molecule has 94 valence electrons. The number of nitrogens with one attached hydrogen (secondary N) is 1. The zero-order valence-corrected chi connectivity index (χ0v) is 10.5. The maximum Gasteiger partial charge on any atom is 0.0667 e. The topological polar surface area (TPSA) is 35.5 Å². The van der Waals surface area contributed by atoms with E-state index in [0.717, 1.165) is 19.4 Å². The summed E-state index contributed by atoms with van der Waals surface area (Å²) in [6.45, 7) is 5.56. The summed E-state index contributed by atoms with van der Waals surface area (Å²) in [7, 11) is 0. The molecule has 2 aliphatic heterocycles. The molecule has 3 heteroatoms. The molecule has 0 bridgehead atoms. The van der Waals surface area contributed by atoms with Crippen molar-refractivity contribution in [1.29, 1.82) is 0 Å². The summed E-state index contributed by atoms with van der Waals surface area (Å²) in [6, 6.07) is 1.33. The number of aliphatic hydroxyl groups excluding tert-OH is 1. The van der Waals surface area contributed by atoms with Crippen molar-refractivity contribution in [2.75, 3.05) is 19.6 Å². The standard InChI is InChI=1S/C13H26N2O/c1-11(9-12-5-2-3-7-14-12)15-8-4-6-13(16)10-15/h11-14,16H,2-10H2,1H3. The summed E-state index contributed by atoms with van der Waals surface area (Å²) in [5.74, 6) is 0. The van der Waals surface area contributed by atoms with E-state index in [1.165, 1.54) is 38.8 Å². The van der Waals surface area contributed by atoms with Crippen molar-refractivity contribution in [1.82, 2.24) is 10.2 Å². The zero-order chi connectivity index (χ0) is 11.4. The van der Waals surface area contributed by atoms with Crippen molar-refractivity contribution in [2.24, 2.45) is 0 Å². The molecule has 0 spiro atoms. The quantitative estimate of drug-likeness (QED) is 0.763. The van der Waals surface area contributed by atoms with Gasteiger partial charge < -0.3 is 10.4 Å². The van der Waals surface area contributed by atoms with Gasteiger partial charge in [0, 0.05) is 18.6 Å². The van der Waals surface area contributed by atoms with E-state index in [2.05, 4.69) is 17.1 Å². The summed E-state index contributed by atoms with van der Waals surface area (Å²) >= 11 is 0. The first kappa shape index (κ1) is 12.3. The van der Waals surface area contributed by atoms with Crippen LogP contribution in [-0.4, -0.2) is 47.8 Å². The van der Waals surface area contributed by atoms with Crippen molar-refractivity contribution < 1.29 is 5.11 Å². The third kappa shape index (κ3) is 3.44. The Morgan fingerprint density at radius 3 is 2.88 bits per heavy atom. The molecule has 2 fully saturated rings. The van der Waals surface area contributed by atoms with Crippen molar-refractivity contribution in [3.8, 4) is 0 Å². The lowest BCUT2D eigenvalue weighted by molar-refractivity contribution is 0.0451. The van der Waals surface area contributed by atoms with Gasteiger partial charge in [-0.25, -0.2) is 0 Å². The Kier molecular flexibility index (Phi) is 4.62. The van der Waals surface area contributed by atoms with Crippen LogP contribution < -0.4 is 5.32 Å². The minimum Gasteiger partial charge on any atom is -0.392 e. The molecular weight excluding hydrogens is 200 g/mol. The van der Waals surface area contributed by atoms with Crippen molar-refractivity contribution >= 4 is 0 Å². The van der Waals surface area contributed by atoms with Gasteiger partial charge in [0.2, 0.25) is 0 Å². The Morgan fingerprint density at radius 2 is 2.19 bits per heavy atom. The van der Waals surface area contributed by atoms with Gasteiger partial charge in [-0.15, -0.1) is 0 Å².